The lowest BCUT2D eigenvalue weighted by Crippen LogP contribution is -2.52. The van der Waals surface area contributed by atoms with Crippen molar-refractivity contribution < 1.29 is 9.59 Å². The highest BCUT2D eigenvalue weighted by molar-refractivity contribution is 6.24. The number of hydrogen-bond acceptors (Lipinski definition) is 2. The number of amides is 1. The SMILES string of the molecule is C[C@]1(C(N)=O)C[C@]2(c3ccccc3)C(=O)[C@@]1(c1ccccc1)c1c2c2ccccc2c2ccccc12. The number of nitrogens with two attached hydrogens (primary N) is 1. The molecule has 2 aliphatic rings. The van der Waals surface area contributed by atoms with Crippen LogP contribution in [0.2, 0.25) is 0 Å². The zero-order chi connectivity index (χ0) is 24.7. The van der Waals surface area contributed by atoms with Crippen LogP contribution in [0.3, 0.4) is 0 Å². The number of primary amides is 1. The van der Waals surface area contributed by atoms with E-state index >= 15 is 4.79 Å². The molecule has 1 saturated carbocycles. The van der Waals surface area contributed by atoms with Crippen molar-refractivity contribution in [1.82, 2.24) is 0 Å². The van der Waals surface area contributed by atoms with Gasteiger partial charge in [-0.05, 0) is 57.1 Å². The first-order valence-corrected chi connectivity index (χ1v) is 12.4. The molecule has 0 radical (unpaired) electrons. The number of fused-ring (bicyclic) bond motifs is 10. The van der Waals surface area contributed by atoms with E-state index in [0.29, 0.717) is 6.42 Å². The van der Waals surface area contributed by atoms with Gasteiger partial charge in [0.1, 0.15) is 0 Å². The highest BCUT2D eigenvalue weighted by atomic mass is 16.2. The Morgan fingerprint density at radius 2 is 1.08 bits per heavy atom. The van der Waals surface area contributed by atoms with E-state index in [0.717, 1.165) is 43.8 Å². The minimum Gasteiger partial charge on any atom is -0.369 e. The molecule has 2 bridgehead atoms. The van der Waals surface area contributed by atoms with Gasteiger partial charge in [0, 0.05) is 0 Å². The molecule has 2 N–H and O–H groups in total. The molecule has 5 aromatic carbocycles. The van der Waals surface area contributed by atoms with Crippen LogP contribution in [0.15, 0.2) is 109 Å². The number of hydrogen-bond donors (Lipinski definition) is 1. The third-order valence-corrected chi connectivity index (χ3v) is 8.93. The molecule has 3 nitrogen and oxygen atoms in total. The number of benzene rings is 5. The molecule has 1 fully saturated rings. The summed E-state index contributed by atoms with van der Waals surface area (Å²) in [6.45, 7) is 1.90. The summed E-state index contributed by atoms with van der Waals surface area (Å²) in [5.74, 6) is -0.398. The van der Waals surface area contributed by atoms with E-state index in [1.807, 2.05) is 91.9 Å². The van der Waals surface area contributed by atoms with E-state index < -0.39 is 22.2 Å². The molecule has 1 amide bonds. The number of carbonyl (C=O) groups is 2. The molecule has 0 heterocycles. The summed E-state index contributed by atoms with van der Waals surface area (Å²) >= 11 is 0. The van der Waals surface area contributed by atoms with E-state index in [9.17, 15) is 4.79 Å². The van der Waals surface area contributed by atoms with Gasteiger partial charge in [-0.2, -0.15) is 0 Å². The summed E-state index contributed by atoms with van der Waals surface area (Å²) in [7, 11) is 0. The van der Waals surface area contributed by atoms with Crippen molar-refractivity contribution in [3.05, 3.63) is 131 Å². The number of ketones is 1. The van der Waals surface area contributed by atoms with E-state index in [2.05, 4.69) is 24.3 Å². The molecule has 2 aliphatic carbocycles. The molecular formula is C33H25NO2. The Labute approximate surface area is 209 Å². The predicted octanol–water partition coefficient (Wildman–Crippen LogP) is 6.04. The second-order valence-electron chi connectivity index (χ2n) is 10.4. The maximum absolute atomic E-state index is 15.3. The van der Waals surface area contributed by atoms with Crippen molar-refractivity contribution in [2.75, 3.05) is 0 Å². The second kappa shape index (κ2) is 6.92. The largest absolute Gasteiger partial charge is 0.369 e. The van der Waals surface area contributed by atoms with Gasteiger partial charge in [-0.15, -0.1) is 0 Å². The van der Waals surface area contributed by atoms with E-state index in [1.54, 1.807) is 0 Å². The standard InChI is InChI=1S/C33H25NO2/c1-31(30(34)36)20-32(21-12-4-2-5-13-21)27-25-18-10-8-16-23(25)24-17-9-11-19-26(24)28(27)33(31,29(32)35)22-14-6-3-7-15-22/h2-19H,20H2,1H3,(H2,34,36)/t31-,32-,33-/m1/s1. The predicted molar refractivity (Wildman–Crippen MR) is 143 cm³/mol. The zero-order valence-corrected chi connectivity index (χ0v) is 20.0. The first-order valence-electron chi connectivity index (χ1n) is 12.4. The summed E-state index contributed by atoms with van der Waals surface area (Å²) in [6.07, 6.45) is 0.336. The van der Waals surface area contributed by atoms with Gasteiger partial charge < -0.3 is 5.73 Å². The lowest BCUT2D eigenvalue weighted by Gasteiger charge is -2.44. The van der Waals surface area contributed by atoms with Crippen LogP contribution in [0.1, 0.15) is 35.6 Å². The van der Waals surface area contributed by atoms with Crippen molar-refractivity contribution in [1.29, 1.82) is 0 Å². The first kappa shape index (κ1) is 21.1. The van der Waals surface area contributed by atoms with Crippen molar-refractivity contribution in [2.45, 2.75) is 24.2 Å². The van der Waals surface area contributed by atoms with E-state index in [4.69, 9.17) is 5.73 Å². The van der Waals surface area contributed by atoms with Crippen LogP contribution >= 0.6 is 0 Å². The Bertz CT molecular complexity index is 1730. The fraction of sp³-hybridized carbons (Fsp3) is 0.152. The van der Waals surface area contributed by atoms with E-state index in [1.165, 1.54) is 0 Å². The summed E-state index contributed by atoms with van der Waals surface area (Å²) in [5, 5.41) is 4.27. The van der Waals surface area contributed by atoms with Crippen molar-refractivity contribution >= 4 is 33.2 Å². The van der Waals surface area contributed by atoms with Crippen LogP contribution in [-0.4, -0.2) is 11.7 Å². The van der Waals surface area contributed by atoms with Gasteiger partial charge in [-0.1, -0.05) is 109 Å². The number of Topliss-reactive ketones (excluding diaryl/α,β-unsaturated/α-hetero) is 1. The summed E-state index contributed by atoms with van der Waals surface area (Å²) in [6, 6.07) is 36.4. The first-order chi connectivity index (χ1) is 17.5. The van der Waals surface area contributed by atoms with Crippen molar-refractivity contribution in [2.24, 2.45) is 11.1 Å². The molecule has 0 aromatic heterocycles. The van der Waals surface area contributed by atoms with E-state index in [-0.39, 0.29) is 5.78 Å². The Kier molecular flexibility index (Phi) is 4.05. The summed E-state index contributed by atoms with van der Waals surface area (Å²) in [5.41, 5.74) is 6.67. The Morgan fingerprint density at radius 1 is 0.639 bits per heavy atom. The van der Waals surface area contributed by atoms with Gasteiger partial charge in [0.05, 0.1) is 16.2 Å². The van der Waals surface area contributed by atoms with Gasteiger partial charge in [0.15, 0.2) is 5.78 Å². The highest BCUT2D eigenvalue weighted by Crippen LogP contribution is 2.72. The van der Waals surface area contributed by atoms with Crippen LogP contribution in [0.25, 0.3) is 21.5 Å². The van der Waals surface area contributed by atoms with Gasteiger partial charge >= 0.3 is 0 Å². The molecular weight excluding hydrogens is 442 g/mol. The van der Waals surface area contributed by atoms with Gasteiger partial charge in [0.2, 0.25) is 5.91 Å². The van der Waals surface area contributed by atoms with Gasteiger partial charge in [0.25, 0.3) is 0 Å². The maximum atomic E-state index is 15.3. The fourth-order valence-electron chi connectivity index (χ4n) is 7.53. The lowest BCUT2D eigenvalue weighted by atomic mass is 9.55. The third kappa shape index (κ3) is 2.16. The molecule has 174 valence electrons. The van der Waals surface area contributed by atoms with Gasteiger partial charge in [-0.3, -0.25) is 9.59 Å². The molecule has 0 aliphatic heterocycles. The van der Waals surface area contributed by atoms with Crippen LogP contribution in [0, 0.1) is 5.41 Å². The van der Waals surface area contributed by atoms with Crippen LogP contribution in [0.4, 0.5) is 0 Å². The minimum absolute atomic E-state index is 0.0465. The van der Waals surface area contributed by atoms with Gasteiger partial charge in [-0.25, -0.2) is 0 Å². The van der Waals surface area contributed by atoms with Crippen molar-refractivity contribution in [3.8, 4) is 0 Å². The lowest BCUT2D eigenvalue weighted by molar-refractivity contribution is -0.133. The average molecular weight is 468 g/mol. The quantitative estimate of drug-likeness (QED) is 0.329. The second-order valence-corrected chi connectivity index (χ2v) is 10.4. The van der Waals surface area contributed by atoms with Crippen LogP contribution in [-0.2, 0) is 20.4 Å². The molecule has 5 aromatic rings. The smallest absolute Gasteiger partial charge is 0.225 e. The highest BCUT2D eigenvalue weighted by Gasteiger charge is 2.78. The third-order valence-electron chi connectivity index (χ3n) is 8.93. The molecule has 0 unspecified atom stereocenters. The summed E-state index contributed by atoms with van der Waals surface area (Å²) < 4.78 is 0. The molecule has 0 spiro atoms. The topological polar surface area (TPSA) is 60.2 Å². The average Bonchev–Trinajstić information content (AvgIpc) is 3.29. The Morgan fingerprint density at radius 3 is 1.61 bits per heavy atom. The minimum atomic E-state index is -1.20. The van der Waals surface area contributed by atoms with Crippen molar-refractivity contribution in [3.63, 3.8) is 0 Å². The Balaban J connectivity index is 1.81. The maximum Gasteiger partial charge on any atom is 0.225 e. The number of carbonyl (C=O) groups excluding carboxylic acids is 2. The summed E-state index contributed by atoms with van der Waals surface area (Å²) in [4.78, 5) is 28.8. The fourth-order valence-corrected chi connectivity index (χ4v) is 7.53. The number of rotatable bonds is 3. The monoisotopic (exact) mass is 467 g/mol. The van der Waals surface area contributed by atoms with Crippen LogP contribution < -0.4 is 5.73 Å². The molecule has 36 heavy (non-hydrogen) atoms. The normalized spacial score (nSPS) is 26.4. The molecule has 7 rings (SSSR count). The molecule has 0 saturated heterocycles. The molecule has 3 atom stereocenters. The molecule has 3 heteroatoms. The Hall–Kier alpha value is -4.24. The van der Waals surface area contributed by atoms with Crippen LogP contribution in [0.5, 0.6) is 0 Å². The zero-order valence-electron chi connectivity index (χ0n) is 20.0.